The second kappa shape index (κ2) is 21.8. The molecule has 45 heavy (non-hydrogen) atoms. The molecule has 0 bridgehead atoms. The van der Waals surface area contributed by atoms with Crippen molar-refractivity contribution in [3.8, 4) is 0 Å². The number of guanidine groups is 1. The second-order valence-corrected chi connectivity index (χ2v) is 12.4. The highest BCUT2D eigenvalue weighted by Gasteiger charge is 2.38. The number of halogens is 2. The molecule has 1 aliphatic heterocycles. The number of hydrogen-bond donors (Lipinski definition) is 6. The second-order valence-electron chi connectivity index (χ2n) is 12.4. The van der Waals surface area contributed by atoms with Crippen LogP contribution in [0.25, 0.3) is 0 Å². The molecule has 0 aliphatic carbocycles. The predicted octanol–water partition coefficient (Wildman–Crippen LogP) is 0.866. The van der Waals surface area contributed by atoms with E-state index in [1.165, 1.54) is 4.90 Å². The average molecular weight is 684 g/mol. The van der Waals surface area contributed by atoms with Gasteiger partial charge in [-0.1, -0.05) is 13.8 Å². The van der Waals surface area contributed by atoms with Gasteiger partial charge in [0.1, 0.15) is 23.7 Å². The Balaban J connectivity index is 0. The summed E-state index contributed by atoms with van der Waals surface area (Å²) in [6.45, 7) is 12.0. The maximum Gasteiger partial charge on any atom is 0.306 e. The summed E-state index contributed by atoms with van der Waals surface area (Å²) in [6, 6.07) is -3.46. The summed E-state index contributed by atoms with van der Waals surface area (Å²) in [6.07, 6.45) is 2.82. The number of hydrogen-bond acceptors (Lipinski definition) is 8. The summed E-state index contributed by atoms with van der Waals surface area (Å²) >= 11 is 0. The largest absolute Gasteiger partial charge is 0.460 e. The highest BCUT2D eigenvalue weighted by molar-refractivity contribution is 5.95. The lowest BCUT2D eigenvalue weighted by Gasteiger charge is -2.30. The lowest BCUT2D eigenvalue weighted by Crippen LogP contribution is -2.58. The third kappa shape index (κ3) is 17.4. The van der Waals surface area contributed by atoms with Gasteiger partial charge in [0.25, 0.3) is 0 Å². The fourth-order valence-corrected chi connectivity index (χ4v) is 4.80. The molecule has 0 spiro atoms. The van der Waals surface area contributed by atoms with Gasteiger partial charge in [-0.3, -0.25) is 29.0 Å². The molecule has 4 atom stereocenters. The number of ether oxygens (including phenoxy) is 1. The fraction of sp³-hybridized carbons (Fsp3) is 0.793. The Hall–Kier alpha value is -2.84. The van der Waals surface area contributed by atoms with E-state index < -0.39 is 41.6 Å². The van der Waals surface area contributed by atoms with Crippen molar-refractivity contribution < 1.29 is 28.7 Å². The molecule has 9 N–H and O–H groups in total. The zero-order valence-corrected chi connectivity index (χ0v) is 29.2. The molecule has 0 unspecified atom stereocenters. The first-order valence-corrected chi connectivity index (χ1v) is 15.3. The summed E-state index contributed by atoms with van der Waals surface area (Å²) in [5.74, 6) is -2.08. The summed E-state index contributed by atoms with van der Waals surface area (Å²) in [7, 11) is 0. The molecule has 1 rings (SSSR count). The van der Waals surface area contributed by atoms with Crippen LogP contribution in [0.2, 0.25) is 0 Å². The van der Waals surface area contributed by atoms with E-state index >= 15 is 0 Å². The Labute approximate surface area is 280 Å². The highest BCUT2D eigenvalue weighted by Crippen LogP contribution is 2.20. The number of carbonyl (C=O) groups is 5. The van der Waals surface area contributed by atoms with Gasteiger partial charge in [-0.2, -0.15) is 0 Å². The third-order valence-electron chi connectivity index (χ3n) is 6.74. The van der Waals surface area contributed by atoms with Gasteiger partial charge in [0.15, 0.2) is 5.96 Å². The predicted molar refractivity (Wildman–Crippen MR) is 179 cm³/mol. The molecular weight excluding hydrogens is 627 g/mol. The normalized spacial score (nSPS) is 16.3. The molecule has 16 heteroatoms. The first-order valence-electron chi connectivity index (χ1n) is 15.3. The van der Waals surface area contributed by atoms with Crippen molar-refractivity contribution in [3.05, 3.63) is 0 Å². The summed E-state index contributed by atoms with van der Waals surface area (Å²) < 4.78 is 5.29. The van der Waals surface area contributed by atoms with Gasteiger partial charge >= 0.3 is 5.97 Å². The lowest BCUT2D eigenvalue weighted by atomic mass is 10.0. The number of nitrogens with zero attached hydrogens (tertiary/aromatic N) is 2. The van der Waals surface area contributed by atoms with E-state index in [0.29, 0.717) is 45.2 Å². The van der Waals surface area contributed by atoms with Crippen molar-refractivity contribution in [2.75, 3.05) is 19.6 Å². The Morgan fingerprint density at radius 1 is 0.978 bits per heavy atom. The summed E-state index contributed by atoms with van der Waals surface area (Å²) in [5.41, 5.74) is 16.3. The van der Waals surface area contributed by atoms with Gasteiger partial charge in [-0.25, -0.2) is 0 Å². The molecule has 1 fully saturated rings. The Bertz CT molecular complexity index is 988. The number of likely N-dealkylation sites (N-methyl/N-ethyl adjacent to an activating group) is 1. The third-order valence-corrected chi connectivity index (χ3v) is 6.74. The molecule has 0 aromatic carbocycles. The summed E-state index contributed by atoms with van der Waals surface area (Å²) in [5, 5.41) is 8.31. The SMILES string of the molecule is CCNC(=O)[C@@H]1CCCN1C(=O)[C@H](CCCN=C(N)N)NC(=O)[C@H](CC(C)C)NC(=O)[C@H](N)CCCC(=O)OC(C)(C)C.Cl.Cl. The van der Waals surface area contributed by atoms with E-state index in [4.69, 9.17) is 21.9 Å². The molecule has 0 radical (unpaired) electrons. The standard InChI is InChI=1S/C29H54N8O6.2ClH/c1-7-33-26(41)22-13-10-16-37(22)27(42)20(12-9-15-34-28(31)32)35-25(40)21(17-18(2)3)36-24(39)19(30)11-8-14-23(38)43-29(4,5)6;;/h18-22H,7-17,30H2,1-6H3,(H,33,41)(H,35,40)(H,36,39)(H4,31,32,34);2*1H/t19-,20+,21+,22+;;/m1../s1. The van der Waals surface area contributed by atoms with E-state index in [-0.39, 0.29) is 80.3 Å². The van der Waals surface area contributed by atoms with Gasteiger partial charge in [0, 0.05) is 26.1 Å². The number of amides is 4. The van der Waals surface area contributed by atoms with Crippen LogP contribution in [0.3, 0.4) is 0 Å². The molecule has 4 amide bonds. The number of rotatable bonds is 17. The zero-order valence-electron chi connectivity index (χ0n) is 27.6. The van der Waals surface area contributed by atoms with Crippen LogP contribution in [0, 0.1) is 5.92 Å². The van der Waals surface area contributed by atoms with Crippen LogP contribution in [0.5, 0.6) is 0 Å². The van der Waals surface area contributed by atoms with Crippen LogP contribution in [0.15, 0.2) is 4.99 Å². The van der Waals surface area contributed by atoms with E-state index in [0.717, 1.165) is 0 Å². The zero-order chi connectivity index (χ0) is 32.7. The Morgan fingerprint density at radius 3 is 2.16 bits per heavy atom. The maximum atomic E-state index is 13.7. The number of aliphatic imine (C=N–C) groups is 1. The average Bonchev–Trinajstić information content (AvgIpc) is 3.38. The molecule has 14 nitrogen and oxygen atoms in total. The van der Waals surface area contributed by atoms with E-state index in [9.17, 15) is 24.0 Å². The lowest BCUT2D eigenvalue weighted by molar-refractivity contribution is -0.155. The van der Waals surface area contributed by atoms with E-state index in [1.54, 1.807) is 20.8 Å². The van der Waals surface area contributed by atoms with Gasteiger partial charge in [0.2, 0.25) is 23.6 Å². The highest BCUT2D eigenvalue weighted by atomic mass is 35.5. The molecule has 0 aromatic heterocycles. The monoisotopic (exact) mass is 682 g/mol. The molecule has 0 saturated carbocycles. The van der Waals surface area contributed by atoms with Crippen molar-refractivity contribution in [1.82, 2.24) is 20.9 Å². The van der Waals surface area contributed by atoms with E-state index in [1.807, 2.05) is 20.8 Å². The number of carbonyl (C=O) groups excluding carboxylic acids is 5. The first kappa shape index (κ1) is 44.3. The number of nitrogens with one attached hydrogen (secondary N) is 3. The van der Waals surface area contributed by atoms with Crippen LogP contribution in [0.4, 0.5) is 0 Å². The Kier molecular flexibility index (Phi) is 21.5. The minimum Gasteiger partial charge on any atom is -0.460 e. The molecule has 0 aromatic rings. The van der Waals surface area contributed by atoms with Crippen LogP contribution >= 0.6 is 24.8 Å². The van der Waals surface area contributed by atoms with Crippen molar-refractivity contribution in [1.29, 1.82) is 0 Å². The summed E-state index contributed by atoms with van der Waals surface area (Å²) in [4.78, 5) is 70.2. The minimum atomic E-state index is -0.953. The number of nitrogens with two attached hydrogens (primary N) is 3. The molecule has 1 saturated heterocycles. The molecule has 262 valence electrons. The van der Waals surface area contributed by atoms with Crippen molar-refractivity contribution in [3.63, 3.8) is 0 Å². The first-order chi connectivity index (χ1) is 20.0. The van der Waals surface area contributed by atoms with Crippen LogP contribution in [-0.2, 0) is 28.7 Å². The molecule has 1 aliphatic rings. The van der Waals surface area contributed by atoms with Crippen LogP contribution in [0.1, 0.15) is 92.9 Å². The van der Waals surface area contributed by atoms with Gasteiger partial charge in [-0.05, 0) is 78.6 Å². The topological polar surface area (TPSA) is 224 Å². The Morgan fingerprint density at radius 2 is 1.60 bits per heavy atom. The maximum absolute atomic E-state index is 13.7. The van der Waals surface area contributed by atoms with Crippen molar-refractivity contribution in [2.24, 2.45) is 28.1 Å². The van der Waals surface area contributed by atoms with Crippen LogP contribution in [-0.4, -0.2) is 89.9 Å². The van der Waals surface area contributed by atoms with Crippen LogP contribution < -0.4 is 33.2 Å². The van der Waals surface area contributed by atoms with Gasteiger partial charge in [0.05, 0.1) is 6.04 Å². The van der Waals surface area contributed by atoms with E-state index in [2.05, 4.69) is 20.9 Å². The smallest absolute Gasteiger partial charge is 0.306 e. The van der Waals surface area contributed by atoms with Gasteiger partial charge < -0.3 is 42.8 Å². The minimum absolute atomic E-state index is 0. The number of esters is 1. The van der Waals surface area contributed by atoms with Crippen molar-refractivity contribution >= 4 is 60.4 Å². The van der Waals surface area contributed by atoms with Gasteiger partial charge in [-0.15, -0.1) is 24.8 Å². The fourth-order valence-electron chi connectivity index (χ4n) is 4.80. The number of likely N-dealkylation sites (tertiary alicyclic amines) is 1. The quantitative estimate of drug-likeness (QED) is 0.0553. The van der Waals surface area contributed by atoms with Crippen molar-refractivity contribution in [2.45, 2.75) is 123 Å². The molecular formula is C29H56Cl2N8O6. The molecule has 1 heterocycles.